The van der Waals surface area contributed by atoms with Crippen LogP contribution >= 0.6 is 0 Å². The number of rotatable bonds is 4. The molecule has 0 bridgehead atoms. The maximum Gasteiger partial charge on any atom is 0.0711 e. The summed E-state index contributed by atoms with van der Waals surface area (Å²) < 4.78 is 0. The monoisotopic (exact) mass is 414 g/mol. The fourth-order valence-corrected chi connectivity index (χ4v) is 4.32. The van der Waals surface area contributed by atoms with Crippen molar-refractivity contribution < 1.29 is 0 Å². The summed E-state index contributed by atoms with van der Waals surface area (Å²) in [5, 5.41) is 0. The SMILES string of the molecule is Cc1c(-c2ccccn2)c(-c2ccccn2)c(C)c(-c2ccccn2)c1-c1ccccn1. The summed E-state index contributed by atoms with van der Waals surface area (Å²) in [7, 11) is 0. The zero-order chi connectivity index (χ0) is 21.9. The Morgan fingerprint density at radius 2 is 0.625 bits per heavy atom. The van der Waals surface area contributed by atoms with Crippen molar-refractivity contribution in [2.24, 2.45) is 0 Å². The topological polar surface area (TPSA) is 51.6 Å². The van der Waals surface area contributed by atoms with E-state index in [-0.39, 0.29) is 0 Å². The summed E-state index contributed by atoms with van der Waals surface area (Å²) in [6, 6.07) is 24.0. The van der Waals surface area contributed by atoms with Gasteiger partial charge in [-0.1, -0.05) is 24.3 Å². The van der Waals surface area contributed by atoms with Gasteiger partial charge in [-0.15, -0.1) is 0 Å². The quantitative estimate of drug-likeness (QED) is 0.334. The van der Waals surface area contributed by atoms with Gasteiger partial charge < -0.3 is 0 Å². The van der Waals surface area contributed by atoms with Gasteiger partial charge in [0, 0.05) is 47.0 Å². The summed E-state index contributed by atoms with van der Waals surface area (Å²) in [5.41, 5.74) is 10.2. The van der Waals surface area contributed by atoms with Crippen LogP contribution in [0.2, 0.25) is 0 Å². The highest BCUT2D eigenvalue weighted by atomic mass is 14.7. The summed E-state index contributed by atoms with van der Waals surface area (Å²) in [5.74, 6) is 0. The molecule has 0 aliphatic carbocycles. The lowest BCUT2D eigenvalue weighted by Crippen LogP contribution is -2.03. The van der Waals surface area contributed by atoms with Gasteiger partial charge in [-0.2, -0.15) is 0 Å². The van der Waals surface area contributed by atoms with Crippen LogP contribution in [-0.4, -0.2) is 19.9 Å². The third kappa shape index (κ3) is 3.46. The largest absolute Gasteiger partial charge is 0.256 e. The molecule has 0 amide bonds. The first kappa shape index (κ1) is 19.8. The summed E-state index contributed by atoms with van der Waals surface area (Å²) in [4.78, 5) is 18.8. The maximum absolute atomic E-state index is 4.71. The molecule has 0 N–H and O–H groups in total. The Bertz CT molecular complexity index is 1140. The van der Waals surface area contributed by atoms with E-state index in [0.29, 0.717) is 0 Å². The Labute approximate surface area is 187 Å². The second-order valence-electron chi connectivity index (χ2n) is 7.61. The molecule has 0 unspecified atom stereocenters. The molecule has 5 rings (SSSR count). The van der Waals surface area contributed by atoms with Crippen LogP contribution in [0.5, 0.6) is 0 Å². The molecule has 32 heavy (non-hydrogen) atoms. The molecule has 0 saturated carbocycles. The van der Waals surface area contributed by atoms with E-state index >= 15 is 0 Å². The number of nitrogens with zero attached hydrogens (tertiary/aromatic N) is 4. The molecular formula is C28H22N4. The molecular weight excluding hydrogens is 392 g/mol. The standard InChI is InChI=1S/C28H22N4/c1-19-25(21-11-3-7-15-29-21)27(23-13-5-9-17-31-23)20(2)28(24-14-6-10-18-32-24)26(19)22-12-4-8-16-30-22/h3-18H,1-2H3. The van der Waals surface area contributed by atoms with E-state index < -0.39 is 0 Å². The number of hydrogen-bond donors (Lipinski definition) is 0. The smallest absolute Gasteiger partial charge is 0.0711 e. The first-order chi connectivity index (χ1) is 15.8. The third-order valence-electron chi connectivity index (χ3n) is 5.68. The van der Waals surface area contributed by atoms with Crippen molar-refractivity contribution >= 4 is 0 Å². The van der Waals surface area contributed by atoms with Gasteiger partial charge in [-0.3, -0.25) is 19.9 Å². The van der Waals surface area contributed by atoms with Crippen molar-refractivity contribution in [1.82, 2.24) is 19.9 Å². The average Bonchev–Trinajstić information content (AvgIpc) is 2.87. The molecule has 5 aromatic rings. The summed E-state index contributed by atoms with van der Waals surface area (Å²) >= 11 is 0. The van der Waals surface area contributed by atoms with E-state index in [1.54, 1.807) is 0 Å². The van der Waals surface area contributed by atoms with Gasteiger partial charge >= 0.3 is 0 Å². The van der Waals surface area contributed by atoms with Crippen LogP contribution in [0, 0.1) is 13.8 Å². The lowest BCUT2D eigenvalue weighted by molar-refractivity contribution is 1.23. The molecule has 0 fully saturated rings. The summed E-state index contributed by atoms with van der Waals surface area (Å²) in [6.45, 7) is 4.29. The van der Waals surface area contributed by atoms with E-state index in [1.165, 1.54) is 0 Å². The van der Waals surface area contributed by atoms with Crippen molar-refractivity contribution in [1.29, 1.82) is 0 Å². The minimum absolute atomic E-state index is 0.915. The maximum atomic E-state index is 4.71. The fourth-order valence-electron chi connectivity index (χ4n) is 4.32. The van der Waals surface area contributed by atoms with Gasteiger partial charge in [0.15, 0.2) is 0 Å². The van der Waals surface area contributed by atoms with Crippen molar-refractivity contribution in [3.63, 3.8) is 0 Å². The van der Waals surface area contributed by atoms with Crippen molar-refractivity contribution in [2.45, 2.75) is 13.8 Å². The minimum atomic E-state index is 0.915. The van der Waals surface area contributed by atoms with Crippen LogP contribution in [0.15, 0.2) is 97.6 Å². The van der Waals surface area contributed by atoms with Gasteiger partial charge in [0.1, 0.15) is 0 Å². The molecule has 0 saturated heterocycles. The highest BCUT2D eigenvalue weighted by molar-refractivity contribution is 5.98. The van der Waals surface area contributed by atoms with Crippen LogP contribution in [0.4, 0.5) is 0 Å². The Morgan fingerprint density at radius 3 is 0.812 bits per heavy atom. The molecule has 4 heterocycles. The van der Waals surface area contributed by atoms with Gasteiger partial charge in [-0.05, 0) is 73.5 Å². The van der Waals surface area contributed by atoms with Crippen molar-refractivity contribution in [3.8, 4) is 45.0 Å². The fraction of sp³-hybridized carbons (Fsp3) is 0.0714. The van der Waals surface area contributed by atoms with Gasteiger partial charge in [0.05, 0.1) is 22.8 Å². The van der Waals surface area contributed by atoms with Crippen molar-refractivity contribution in [3.05, 3.63) is 109 Å². The zero-order valence-electron chi connectivity index (χ0n) is 18.0. The number of aromatic nitrogens is 4. The molecule has 4 heteroatoms. The molecule has 0 atom stereocenters. The first-order valence-electron chi connectivity index (χ1n) is 10.6. The van der Waals surface area contributed by atoms with Crippen LogP contribution in [0.3, 0.4) is 0 Å². The second-order valence-corrected chi connectivity index (χ2v) is 7.61. The first-order valence-corrected chi connectivity index (χ1v) is 10.6. The Kier molecular flexibility index (Phi) is 5.26. The predicted octanol–water partition coefficient (Wildman–Crippen LogP) is 6.55. The van der Waals surface area contributed by atoms with E-state index in [4.69, 9.17) is 19.9 Å². The van der Waals surface area contributed by atoms with Crippen LogP contribution in [-0.2, 0) is 0 Å². The van der Waals surface area contributed by atoms with Gasteiger partial charge in [0.2, 0.25) is 0 Å². The zero-order valence-corrected chi connectivity index (χ0v) is 18.0. The number of hydrogen-bond acceptors (Lipinski definition) is 4. The molecule has 4 nitrogen and oxygen atoms in total. The van der Waals surface area contributed by atoms with E-state index in [0.717, 1.165) is 56.2 Å². The molecule has 0 aliphatic rings. The molecule has 154 valence electrons. The van der Waals surface area contributed by atoms with Crippen molar-refractivity contribution in [2.75, 3.05) is 0 Å². The van der Waals surface area contributed by atoms with Gasteiger partial charge in [0.25, 0.3) is 0 Å². The lowest BCUT2D eigenvalue weighted by atomic mass is 9.82. The van der Waals surface area contributed by atoms with E-state index in [2.05, 4.69) is 38.1 Å². The second kappa shape index (κ2) is 8.52. The average molecular weight is 415 g/mol. The molecule has 1 aromatic carbocycles. The van der Waals surface area contributed by atoms with Crippen LogP contribution < -0.4 is 0 Å². The Balaban J connectivity index is 1.97. The van der Waals surface area contributed by atoms with E-state index in [9.17, 15) is 0 Å². The Morgan fingerprint density at radius 1 is 0.375 bits per heavy atom. The molecule has 0 radical (unpaired) electrons. The van der Waals surface area contributed by atoms with Crippen LogP contribution in [0.25, 0.3) is 45.0 Å². The van der Waals surface area contributed by atoms with Gasteiger partial charge in [-0.25, -0.2) is 0 Å². The van der Waals surface area contributed by atoms with E-state index in [1.807, 2.05) is 73.3 Å². The number of pyridine rings is 4. The third-order valence-corrected chi connectivity index (χ3v) is 5.68. The lowest BCUT2D eigenvalue weighted by Gasteiger charge is -2.23. The molecule has 0 aliphatic heterocycles. The number of benzene rings is 1. The minimum Gasteiger partial charge on any atom is -0.256 e. The molecule has 0 spiro atoms. The Hall–Kier alpha value is -4.18. The van der Waals surface area contributed by atoms with Crippen LogP contribution in [0.1, 0.15) is 11.1 Å². The predicted molar refractivity (Wildman–Crippen MR) is 129 cm³/mol. The highest BCUT2D eigenvalue weighted by Gasteiger charge is 2.25. The summed E-state index contributed by atoms with van der Waals surface area (Å²) in [6.07, 6.45) is 7.33. The normalized spacial score (nSPS) is 10.8. The highest BCUT2D eigenvalue weighted by Crippen LogP contribution is 2.46. The molecule has 4 aromatic heterocycles.